The van der Waals surface area contributed by atoms with Gasteiger partial charge in [-0.1, -0.05) is 13.8 Å². The maximum Gasteiger partial charge on any atom is 0.325 e. The Morgan fingerprint density at radius 1 is 1.39 bits per heavy atom. The second-order valence-corrected chi connectivity index (χ2v) is 5.71. The first-order valence-corrected chi connectivity index (χ1v) is 6.88. The molecule has 0 radical (unpaired) electrons. The molecule has 18 heavy (non-hydrogen) atoms. The van der Waals surface area contributed by atoms with Crippen LogP contribution in [0.2, 0.25) is 0 Å². The molecule has 4 heteroatoms. The van der Waals surface area contributed by atoms with Crippen molar-refractivity contribution >= 4 is 5.97 Å². The first-order valence-electron chi connectivity index (χ1n) is 6.88. The fourth-order valence-corrected chi connectivity index (χ4v) is 1.81. The van der Waals surface area contributed by atoms with Gasteiger partial charge < -0.3 is 15.4 Å². The number of carbonyl (C=O) groups excluding carboxylic acids is 1. The third-order valence-electron chi connectivity index (χ3n) is 3.61. The summed E-state index contributed by atoms with van der Waals surface area (Å²) in [6, 6.07) is 0.539. The van der Waals surface area contributed by atoms with Crippen LogP contribution in [0.15, 0.2) is 0 Å². The first-order chi connectivity index (χ1) is 8.22. The van der Waals surface area contributed by atoms with Crippen LogP contribution >= 0.6 is 0 Å². The summed E-state index contributed by atoms with van der Waals surface area (Å²) in [5, 5.41) is 0. The molecule has 4 nitrogen and oxygen atoms in total. The number of rotatable bonds is 8. The van der Waals surface area contributed by atoms with Crippen LogP contribution in [-0.2, 0) is 9.53 Å². The van der Waals surface area contributed by atoms with Gasteiger partial charge in [0.1, 0.15) is 5.54 Å². The monoisotopic (exact) mass is 258 g/mol. The molecule has 0 heterocycles. The van der Waals surface area contributed by atoms with Gasteiger partial charge in [-0.25, -0.2) is 0 Å². The Balaban J connectivity index is 4.06. The largest absolute Gasteiger partial charge is 0.465 e. The average Bonchev–Trinajstić information content (AvgIpc) is 2.27. The van der Waals surface area contributed by atoms with Crippen LogP contribution in [0, 0.1) is 5.92 Å². The molecule has 2 N–H and O–H groups in total. The van der Waals surface area contributed by atoms with Crippen molar-refractivity contribution < 1.29 is 9.53 Å². The topological polar surface area (TPSA) is 55.6 Å². The van der Waals surface area contributed by atoms with Crippen LogP contribution in [0.25, 0.3) is 0 Å². The molecule has 0 aromatic rings. The second-order valence-electron chi connectivity index (χ2n) is 5.71. The predicted octanol–water partition coefficient (Wildman–Crippen LogP) is 2.02. The summed E-state index contributed by atoms with van der Waals surface area (Å²) < 4.78 is 4.97. The Kier molecular flexibility index (Phi) is 7.48. The van der Waals surface area contributed by atoms with Crippen molar-refractivity contribution in [3.63, 3.8) is 0 Å². The Morgan fingerprint density at radius 3 is 2.39 bits per heavy atom. The predicted molar refractivity (Wildman–Crippen MR) is 75.4 cm³/mol. The number of ether oxygens (including phenoxy) is 1. The minimum Gasteiger partial charge on any atom is -0.465 e. The van der Waals surface area contributed by atoms with Gasteiger partial charge in [0.25, 0.3) is 0 Å². The zero-order valence-corrected chi connectivity index (χ0v) is 12.8. The molecule has 2 unspecified atom stereocenters. The van der Waals surface area contributed by atoms with Gasteiger partial charge in [0.15, 0.2) is 0 Å². The molecule has 0 rings (SSSR count). The molecule has 0 aromatic heterocycles. The number of nitrogens with zero attached hydrogens (tertiary/aromatic N) is 1. The molecule has 0 bridgehead atoms. The normalized spacial score (nSPS) is 16.7. The van der Waals surface area contributed by atoms with E-state index in [1.54, 1.807) is 13.8 Å². The van der Waals surface area contributed by atoms with Gasteiger partial charge in [-0.3, -0.25) is 4.79 Å². The lowest BCUT2D eigenvalue weighted by atomic mass is 9.96. The van der Waals surface area contributed by atoms with Gasteiger partial charge >= 0.3 is 5.97 Å². The van der Waals surface area contributed by atoms with E-state index >= 15 is 0 Å². The van der Waals surface area contributed by atoms with Gasteiger partial charge in [0.2, 0.25) is 0 Å². The minimum absolute atomic E-state index is 0.301. The van der Waals surface area contributed by atoms with Crippen LogP contribution in [0.1, 0.15) is 47.5 Å². The Labute approximate surface area is 112 Å². The van der Waals surface area contributed by atoms with Crippen molar-refractivity contribution in [3.05, 3.63) is 0 Å². The number of nitrogens with two attached hydrogens (primary N) is 1. The number of esters is 1. The van der Waals surface area contributed by atoms with Crippen molar-refractivity contribution in [3.8, 4) is 0 Å². The molecule has 108 valence electrons. The van der Waals surface area contributed by atoms with Crippen LogP contribution in [-0.4, -0.2) is 42.6 Å². The Bertz CT molecular complexity index is 252. The van der Waals surface area contributed by atoms with Crippen molar-refractivity contribution in [2.75, 3.05) is 20.2 Å². The zero-order valence-electron chi connectivity index (χ0n) is 12.8. The number of hydrogen-bond donors (Lipinski definition) is 1. The lowest BCUT2D eigenvalue weighted by molar-refractivity contribution is -0.149. The standard InChI is InChI=1S/C14H30N2O2/c1-7-18-13(17)14(5,15)9-8-10-16(6)12(4)11(2)3/h11-12H,7-10,15H2,1-6H3. The highest BCUT2D eigenvalue weighted by molar-refractivity contribution is 5.79. The summed E-state index contributed by atoms with van der Waals surface area (Å²) in [6.45, 7) is 11.5. The minimum atomic E-state index is -0.863. The fourth-order valence-electron chi connectivity index (χ4n) is 1.81. The van der Waals surface area contributed by atoms with Crippen molar-refractivity contribution in [2.24, 2.45) is 11.7 Å². The molecule has 0 aliphatic carbocycles. The maximum atomic E-state index is 11.6. The van der Waals surface area contributed by atoms with E-state index in [4.69, 9.17) is 10.5 Å². The highest BCUT2D eigenvalue weighted by Crippen LogP contribution is 2.14. The Hall–Kier alpha value is -0.610. The first kappa shape index (κ1) is 17.4. The second kappa shape index (κ2) is 7.74. The highest BCUT2D eigenvalue weighted by atomic mass is 16.5. The molecule has 0 saturated carbocycles. The lowest BCUT2D eigenvalue weighted by Gasteiger charge is -2.29. The highest BCUT2D eigenvalue weighted by Gasteiger charge is 2.29. The number of hydrogen-bond acceptors (Lipinski definition) is 4. The molecule has 0 amide bonds. The molecular weight excluding hydrogens is 228 g/mol. The van der Waals surface area contributed by atoms with E-state index < -0.39 is 5.54 Å². The zero-order chi connectivity index (χ0) is 14.3. The molecule has 0 aliphatic rings. The van der Waals surface area contributed by atoms with E-state index in [9.17, 15) is 4.79 Å². The van der Waals surface area contributed by atoms with Gasteiger partial charge in [0, 0.05) is 6.04 Å². The Morgan fingerprint density at radius 2 is 1.94 bits per heavy atom. The fraction of sp³-hybridized carbons (Fsp3) is 0.929. The summed E-state index contributed by atoms with van der Waals surface area (Å²) in [4.78, 5) is 13.9. The molecule has 0 aliphatic heterocycles. The quantitative estimate of drug-likeness (QED) is 0.677. The summed E-state index contributed by atoms with van der Waals surface area (Å²) in [6.07, 6.45) is 1.56. The van der Waals surface area contributed by atoms with E-state index in [1.807, 2.05) is 0 Å². The SMILES string of the molecule is CCOC(=O)C(C)(N)CCCN(C)C(C)C(C)C. The molecular formula is C14H30N2O2. The van der Waals surface area contributed by atoms with E-state index in [1.165, 1.54) is 0 Å². The van der Waals surface area contributed by atoms with Crippen LogP contribution in [0.5, 0.6) is 0 Å². The van der Waals surface area contributed by atoms with Crippen molar-refractivity contribution in [2.45, 2.75) is 59.0 Å². The van der Waals surface area contributed by atoms with Crippen LogP contribution in [0.3, 0.4) is 0 Å². The van der Waals surface area contributed by atoms with E-state index in [2.05, 4.69) is 32.7 Å². The molecule has 0 spiro atoms. The van der Waals surface area contributed by atoms with E-state index in [0.717, 1.165) is 13.0 Å². The van der Waals surface area contributed by atoms with Gasteiger partial charge in [-0.2, -0.15) is 0 Å². The maximum absolute atomic E-state index is 11.6. The van der Waals surface area contributed by atoms with E-state index in [-0.39, 0.29) is 5.97 Å². The third-order valence-corrected chi connectivity index (χ3v) is 3.61. The molecule has 0 saturated heterocycles. The van der Waals surface area contributed by atoms with Crippen LogP contribution < -0.4 is 5.73 Å². The third kappa shape index (κ3) is 5.83. The molecule has 2 atom stereocenters. The van der Waals surface area contributed by atoms with Gasteiger partial charge in [0.05, 0.1) is 6.61 Å². The molecule has 0 fully saturated rings. The van der Waals surface area contributed by atoms with Gasteiger partial charge in [-0.05, 0) is 53.1 Å². The molecule has 0 aromatic carbocycles. The smallest absolute Gasteiger partial charge is 0.325 e. The van der Waals surface area contributed by atoms with Crippen molar-refractivity contribution in [1.82, 2.24) is 4.90 Å². The van der Waals surface area contributed by atoms with E-state index in [0.29, 0.717) is 25.0 Å². The number of carbonyl (C=O) groups is 1. The summed E-state index contributed by atoms with van der Waals surface area (Å²) in [7, 11) is 2.11. The van der Waals surface area contributed by atoms with Crippen LogP contribution in [0.4, 0.5) is 0 Å². The summed E-state index contributed by atoms with van der Waals surface area (Å²) in [5.74, 6) is 0.328. The summed E-state index contributed by atoms with van der Waals surface area (Å²) >= 11 is 0. The average molecular weight is 258 g/mol. The van der Waals surface area contributed by atoms with Gasteiger partial charge in [-0.15, -0.1) is 0 Å². The summed E-state index contributed by atoms with van der Waals surface area (Å²) in [5.41, 5.74) is 5.11. The van der Waals surface area contributed by atoms with Crippen molar-refractivity contribution in [1.29, 1.82) is 0 Å². The lowest BCUT2D eigenvalue weighted by Crippen LogP contribution is -2.46.